The van der Waals surface area contributed by atoms with Crippen molar-refractivity contribution in [1.29, 1.82) is 0 Å². The minimum absolute atomic E-state index is 0.0711. The molecule has 1 aromatic heterocycles. The molecule has 0 atom stereocenters. The Labute approximate surface area is 115 Å². The van der Waals surface area contributed by atoms with Crippen LogP contribution in [0, 0.1) is 12.7 Å². The average molecular weight is 272 g/mol. The summed E-state index contributed by atoms with van der Waals surface area (Å²) >= 11 is 0. The molecule has 0 saturated carbocycles. The van der Waals surface area contributed by atoms with Crippen LogP contribution in [0.5, 0.6) is 0 Å². The number of benzene rings is 1. The predicted molar refractivity (Wildman–Crippen MR) is 72.2 cm³/mol. The van der Waals surface area contributed by atoms with Gasteiger partial charge in [-0.1, -0.05) is 0 Å². The number of nitrogens with zero attached hydrogens (tertiary/aromatic N) is 1. The molecule has 2 rings (SSSR count). The molecule has 1 N–H and O–H groups in total. The highest BCUT2D eigenvalue weighted by atomic mass is 19.1. The van der Waals surface area contributed by atoms with Crippen molar-refractivity contribution in [3.8, 4) is 0 Å². The van der Waals surface area contributed by atoms with Crippen molar-refractivity contribution in [2.75, 3.05) is 7.05 Å². The Balaban J connectivity index is 2.54. The number of pyridine rings is 1. The molecule has 0 unspecified atom stereocenters. The van der Waals surface area contributed by atoms with E-state index in [1.54, 1.807) is 13.0 Å². The minimum atomic E-state index is -0.431. The van der Waals surface area contributed by atoms with Crippen LogP contribution < -0.4 is 5.32 Å². The summed E-state index contributed by atoms with van der Waals surface area (Å²) in [6.45, 7) is 1.73. The molecule has 0 spiro atoms. The molecule has 1 heterocycles. The Bertz CT molecular complexity index is 666. The van der Waals surface area contributed by atoms with E-state index in [1.165, 1.54) is 37.5 Å². The second-order valence-electron chi connectivity index (χ2n) is 4.27. The molecule has 1 amide bonds. The fraction of sp³-hybridized carbons (Fsp3) is 0.133. The van der Waals surface area contributed by atoms with E-state index in [0.717, 1.165) is 0 Å². The van der Waals surface area contributed by atoms with Crippen molar-refractivity contribution in [2.45, 2.75) is 6.92 Å². The normalized spacial score (nSPS) is 10.2. The van der Waals surface area contributed by atoms with Gasteiger partial charge in [-0.2, -0.15) is 0 Å². The summed E-state index contributed by atoms with van der Waals surface area (Å²) in [6.07, 6.45) is 1.47. The quantitative estimate of drug-likeness (QED) is 0.871. The number of aromatic nitrogens is 1. The SMILES string of the molecule is CNC(=O)c1nccc(C)c1C(=O)c1ccc(F)cc1. The van der Waals surface area contributed by atoms with Gasteiger partial charge in [-0.05, 0) is 42.8 Å². The summed E-state index contributed by atoms with van der Waals surface area (Å²) in [5.74, 6) is -1.20. The molecule has 0 saturated heterocycles. The summed E-state index contributed by atoms with van der Waals surface area (Å²) in [4.78, 5) is 28.2. The van der Waals surface area contributed by atoms with E-state index in [4.69, 9.17) is 0 Å². The molecule has 4 nitrogen and oxygen atoms in total. The number of carbonyl (C=O) groups is 2. The van der Waals surface area contributed by atoms with Crippen molar-refractivity contribution in [1.82, 2.24) is 10.3 Å². The molecule has 0 aliphatic carbocycles. The average Bonchev–Trinajstić information content (AvgIpc) is 2.46. The zero-order valence-corrected chi connectivity index (χ0v) is 11.1. The lowest BCUT2D eigenvalue weighted by molar-refractivity contribution is 0.0945. The van der Waals surface area contributed by atoms with Crippen molar-refractivity contribution in [3.63, 3.8) is 0 Å². The number of carbonyl (C=O) groups excluding carboxylic acids is 2. The van der Waals surface area contributed by atoms with E-state index in [-0.39, 0.29) is 17.0 Å². The van der Waals surface area contributed by atoms with Crippen molar-refractivity contribution < 1.29 is 14.0 Å². The van der Waals surface area contributed by atoms with Crippen molar-refractivity contribution in [3.05, 3.63) is 64.7 Å². The number of hydrogen-bond acceptors (Lipinski definition) is 3. The Hall–Kier alpha value is -2.56. The summed E-state index contributed by atoms with van der Waals surface area (Å²) in [5, 5.41) is 2.45. The van der Waals surface area contributed by atoms with Crippen LogP contribution in [0.3, 0.4) is 0 Å². The smallest absolute Gasteiger partial charge is 0.270 e. The highest BCUT2D eigenvalue weighted by Crippen LogP contribution is 2.17. The van der Waals surface area contributed by atoms with Crippen LogP contribution in [0.4, 0.5) is 4.39 Å². The van der Waals surface area contributed by atoms with E-state index in [1.807, 2.05) is 0 Å². The van der Waals surface area contributed by atoms with Gasteiger partial charge in [0.15, 0.2) is 5.78 Å². The van der Waals surface area contributed by atoms with Gasteiger partial charge in [0.2, 0.25) is 0 Å². The molecule has 0 radical (unpaired) electrons. The van der Waals surface area contributed by atoms with Gasteiger partial charge in [-0.25, -0.2) is 4.39 Å². The monoisotopic (exact) mass is 272 g/mol. The summed E-state index contributed by atoms with van der Waals surface area (Å²) < 4.78 is 12.9. The first-order valence-electron chi connectivity index (χ1n) is 6.02. The van der Waals surface area contributed by atoms with Crippen LogP contribution in [-0.4, -0.2) is 23.7 Å². The van der Waals surface area contributed by atoms with Crippen molar-refractivity contribution in [2.24, 2.45) is 0 Å². The van der Waals surface area contributed by atoms with Gasteiger partial charge in [0.25, 0.3) is 5.91 Å². The number of rotatable bonds is 3. The lowest BCUT2D eigenvalue weighted by atomic mass is 9.97. The second-order valence-corrected chi connectivity index (χ2v) is 4.27. The lowest BCUT2D eigenvalue weighted by Crippen LogP contribution is -2.23. The number of nitrogens with one attached hydrogen (secondary N) is 1. The van der Waals surface area contributed by atoms with Crippen molar-refractivity contribution >= 4 is 11.7 Å². The lowest BCUT2D eigenvalue weighted by Gasteiger charge is -2.09. The molecule has 102 valence electrons. The largest absolute Gasteiger partial charge is 0.354 e. The van der Waals surface area contributed by atoms with Crippen LogP contribution in [0.1, 0.15) is 32.0 Å². The number of halogens is 1. The standard InChI is InChI=1S/C15H13FN2O2/c1-9-7-8-18-13(15(20)17-2)12(9)14(19)10-3-5-11(16)6-4-10/h3-8H,1-2H3,(H,17,20). The van der Waals surface area contributed by atoms with E-state index in [2.05, 4.69) is 10.3 Å². The van der Waals surface area contributed by atoms with Gasteiger partial charge >= 0.3 is 0 Å². The van der Waals surface area contributed by atoms with E-state index >= 15 is 0 Å². The first kappa shape index (κ1) is 13.9. The van der Waals surface area contributed by atoms with Gasteiger partial charge in [-0.15, -0.1) is 0 Å². The van der Waals surface area contributed by atoms with Gasteiger partial charge in [-0.3, -0.25) is 14.6 Å². The van der Waals surface area contributed by atoms with E-state index in [9.17, 15) is 14.0 Å². The molecule has 2 aromatic rings. The van der Waals surface area contributed by atoms with Gasteiger partial charge in [0.1, 0.15) is 11.5 Å². The molecule has 0 aliphatic rings. The minimum Gasteiger partial charge on any atom is -0.354 e. The van der Waals surface area contributed by atoms with Crippen LogP contribution >= 0.6 is 0 Å². The Morgan fingerprint density at radius 2 is 1.80 bits per heavy atom. The highest BCUT2D eigenvalue weighted by molar-refractivity contribution is 6.15. The molecule has 20 heavy (non-hydrogen) atoms. The maximum absolute atomic E-state index is 12.9. The van der Waals surface area contributed by atoms with Crippen LogP contribution in [0.15, 0.2) is 36.5 Å². The van der Waals surface area contributed by atoms with Gasteiger partial charge < -0.3 is 5.32 Å². The molecule has 0 aliphatic heterocycles. The zero-order valence-electron chi connectivity index (χ0n) is 11.1. The summed E-state index contributed by atoms with van der Waals surface area (Å²) in [7, 11) is 1.47. The van der Waals surface area contributed by atoms with E-state index in [0.29, 0.717) is 11.1 Å². The second kappa shape index (κ2) is 5.61. The molecule has 0 bridgehead atoms. The fourth-order valence-electron chi connectivity index (χ4n) is 1.88. The van der Waals surface area contributed by atoms with Crippen LogP contribution in [0.25, 0.3) is 0 Å². The van der Waals surface area contributed by atoms with Crippen LogP contribution in [0.2, 0.25) is 0 Å². The fourth-order valence-corrected chi connectivity index (χ4v) is 1.88. The number of ketones is 1. The maximum atomic E-state index is 12.9. The maximum Gasteiger partial charge on any atom is 0.270 e. The molecular weight excluding hydrogens is 259 g/mol. The summed E-state index contributed by atoms with van der Waals surface area (Å²) in [5.41, 5.74) is 1.26. The molecule has 5 heteroatoms. The first-order chi connectivity index (χ1) is 9.54. The number of amides is 1. The molecule has 0 fully saturated rings. The number of hydrogen-bond donors (Lipinski definition) is 1. The highest BCUT2D eigenvalue weighted by Gasteiger charge is 2.21. The summed E-state index contributed by atoms with van der Waals surface area (Å²) in [6, 6.07) is 6.84. The Kier molecular flexibility index (Phi) is 3.89. The predicted octanol–water partition coefficient (Wildman–Crippen LogP) is 2.12. The molecular formula is C15H13FN2O2. The first-order valence-corrected chi connectivity index (χ1v) is 6.02. The van der Waals surface area contributed by atoms with E-state index < -0.39 is 11.7 Å². The van der Waals surface area contributed by atoms with Crippen LogP contribution in [-0.2, 0) is 0 Å². The Morgan fingerprint density at radius 1 is 1.15 bits per heavy atom. The topological polar surface area (TPSA) is 59.1 Å². The Morgan fingerprint density at radius 3 is 2.40 bits per heavy atom. The molecule has 1 aromatic carbocycles. The third-order valence-electron chi connectivity index (χ3n) is 2.93. The third kappa shape index (κ3) is 2.56. The number of aryl methyl sites for hydroxylation is 1. The van der Waals surface area contributed by atoms with Gasteiger partial charge in [0.05, 0.1) is 5.56 Å². The van der Waals surface area contributed by atoms with Gasteiger partial charge in [0, 0.05) is 18.8 Å². The zero-order chi connectivity index (χ0) is 14.7. The third-order valence-corrected chi connectivity index (χ3v) is 2.93.